The highest BCUT2D eigenvalue weighted by Gasteiger charge is 2.45. The zero-order chi connectivity index (χ0) is 18.0. The molecule has 26 heavy (non-hydrogen) atoms. The second-order valence-corrected chi connectivity index (χ2v) is 12.0. The maximum absolute atomic E-state index is 4.93. The number of pyridine rings is 2. The van der Waals surface area contributed by atoms with Crippen LogP contribution in [-0.4, -0.2) is 59.8 Å². The molecule has 0 N–H and O–H groups in total. The number of nitrogens with zero attached hydrogens (tertiary/aromatic N) is 5. The SMILES string of the molecule is C[Si](C)(C(c1ccccn1)c1ccccn1)N1CCCN2CCCN=C21. The van der Waals surface area contributed by atoms with Gasteiger partial charge in [-0.2, -0.15) is 0 Å². The quantitative estimate of drug-likeness (QED) is 0.781. The Morgan fingerprint density at radius 2 is 1.54 bits per heavy atom. The summed E-state index contributed by atoms with van der Waals surface area (Å²) in [6, 6.07) is 12.5. The molecule has 6 heteroatoms. The standard InChI is InChI=1S/C20H27N5Si/c1-26(2,25-16-8-15-24-14-7-13-23-20(24)25)19(17-9-3-5-11-21-17)18-10-4-6-12-22-18/h3-6,9-12,19H,7-8,13-16H2,1-2H3. The number of hydrogen-bond donors (Lipinski definition) is 0. The van der Waals surface area contributed by atoms with E-state index in [9.17, 15) is 0 Å². The second kappa shape index (κ2) is 7.19. The average Bonchev–Trinajstić information content (AvgIpc) is 2.69. The summed E-state index contributed by atoms with van der Waals surface area (Å²) in [4.78, 5) is 16.9. The molecular weight excluding hydrogens is 338 g/mol. The second-order valence-electron chi connectivity index (χ2n) is 7.62. The van der Waals surface area contributed by atoms with Crippen molar-refractivity contribution >= 4 is 14.2 Å². The van der Waals surface area contributed by atoms with Crippen LogP contribution in [0.25, 0.3) is 0 Å². The first-order valence-electron chi connectivity index (χ1n) is 9.57. The van der Waals surface area contributed by atoms with Gasteiger partial charge in [-0.05, 0) is 37.1 Å². The van der Waals surface area contributed by atoms with Crippen molar-refractivity contribution in [2.45, 2.75) is 31.5 Å². The van der Waals surface area contributed by atoms with Crippen LogP contribution < -0.4 is 0 Å². The Labute approximate surface area is 156 Å². The average molecular weight is 366 g/mol. The topological polar surface area (TPSA) is 44.6 Å². The summed E-state index contributed by atoms with van der Waals surface area (Å²) in [5.74, 6) is 1.22. The lowest BCUT2D eigenvalue weighted by molar-refractivity contribution is 0.295. The first kappa shape index (κ1) is 17.2. The van der Waals surface area contributed by atoms with Crippen LogP contribution >= 0.6 is 0 Å². The van der Waals surface area contributed by atoms with Crippen LogP contribution in [0.2, 0.25) is 13.1 Å². The van der Waals surface area contributed by atoms with Gasteiger partial charge in [0.25, 0.3) is 0 Å². The van der Waals surface area contributed by atoms with Gasteiger partial charge in [0.2, 0.25) is 0 Å². The Morgan fingerprint density at radius 3 is 2.15 bits per heavy atom. The summed E-state index contributed by atoms with van der Waals surface area (Å²) in [6.07, 6.45) is 6.17. The molecule has 0 bridgehead atoms. The highest BCUT2D eigenvalue weighted by molar-refractivity contribution is 6.78. The van der Waals surface area contributed by atoms with Gasteiger partial charge in [-0.15, -0.1) is 0 Å². The van der Waals surface area contributed by atoms with Crippen LogP contribution in [0.3, 0.4) is 0 Å². The van der Waals surface area contributed by atoms with Crippen molar-refractivity contribution in [1.82, 2.24) is 19.4 Å². The first-order valence-corrected chi connectivity index (χ1v) is 12.6. The zero-order valence-corrected chi connectivity index (χ0v) is 16.7. The predicted octanol–water partition coefficient (Wildman–Crippen LogP) is 3.12. The lowest BCUT2D eigenvalue weighted by Crippen LogP contribution is -2.64. The Hall–Kier alpha value is -2.21. The maximum atomic E-state index is 4.93. The van der Waals surface area contributed by atoms with E-state index in [1.54, 1.807) is 0 Å². The summed E-state index contributed by atoms with van der Waals surface area (Å²) in [5, 5.41) is 0. The Morgan fingerprint density at radius 1 is 0.885 bits per heavy atom. The fourth-order valence-electron chi connectivity index (χ4n) is 4.30. The van der Waals surface area contributed by atoms with Crippen LogP contribution in [0, 0.1) is 0 Å². The minimum absolute atomic E-state index is 0.217. The van der Waals surface area contributed by atoms with E-state index in [-0.39, 0.29) is 5.54 Å². The largest absolute Gasteiger partial charge is 0.369 e. The van der Waals surface area contributed by atoms with E-state index in [2.05, 4.69) is 46.8 Å². The molecule has 1 fully saturated rings. The lowest BCUT2D eigenvalue weighted by Gasteiger charge is -2.50. The van der Waals surface area contributed by atoms with Gasteiger partial charge in [-0.25, -0.2) is 0 Å². The van der Waals surface area contributed by atoms with Crippen LogP contribution in [0.4, 0.5) is 0 Å². The van der Waals surface area contributed by atoms with Gasteiger partial charge < -0.3 is 9.47 Å². The molecule has 0 amide bonds. The Balaban J connectivity index is 1.78. The van der Waals surface area contributed by atoms with Gasteiger partial charge in [-0.1, -0.05) is 25.2 Å². The van der Waals surface area contributed by atoms with Gasteiger partial charge >= 0.3 is 0 Å². The molecule has 0 atom stereocenters. The van der Waals surface area contributed by atoms with Gasteiger partial charge in [0.15, 0.2) is 14.2 Å². The molecule has 0 saturated carbocycles. The molecule has 2 aromatic rings. The molecule has 2 aliphatic heterocycles. The molecule has 2 aliphatic rings. The number of rotatable bonds is 4. The van der Waals surface area contributed by atoms with Gasteiger partial charge in [-0.3, -0.25) is 15.0 Å². The highest BCUT2D eigenvalue weighted by Crippen LogP contribution is 2.35. The molecule has 0 spiro atoms. The van der Waals surface area contributed by atoms with Crippen molar-refractivity contribution in [2.75, 3.05) is 26.2 Å². The smallest absolute Gasteiger partial charge is 0.188 e. The number of guanidine groups is 1. The van der Waals surface area contributed by atoms with Crippen LogP contribution in [0.15, 0.2) is 53.8 Å². The summed E-state index contributed by atoms with van der Waals surface area (Å²) in [7, 11) is -1.99. The van der Waals surface area contributed by atoms with Crippen molar-refractivity contribution < 1.29 is 0 Å². The molecule has 4 rings (SSSR count). The van der Waals surface area contributed by atoms with Crippen molar-refractivity contribution in [1.29, 1.82) is 0 Å². The predicted molar refractivity (Wildman–Crippen MR) is 108 cm³/mol. The van der Waals surface area contributed by atoms with Crippen LogP contribution in [0.1, 0.15) is 29.8 Å². The van der Waals surface area contributed by atoms with E-state index < -0.39 is 8.24 Å². The van der Waals surface area contributed by atoms with E-state index in [1.165, 1.54) is 18.8 Å². The molecule has 2 aromatic heterocycles. The Bertz CT molecular complexity index is 723. The zero-order valence-electron chi connectivity index (χ0n) is 15.7. The van der Waals surface area contributed by atoms with Gasteiger partial charge in [0, 0.05) is 50.0 Å². The van der Waals surface area contributed by atoms with Gasteiger partial charge in [0.05, 0.1) is 5.54 Å². The third kappa shape index (κ3) is 3.14. The molecule has 4 heterocycles. The third-order valence-corrected chi connectivity index (χ3v) is 9.36. The Kier molecular flexibility index (Phi) is 4.76. The first-order chi connectivity index (χ1) is 12.7. The van der Waals surface area contributed by atoms with Crippen molar-refractivity contribution in [3.05, 3.63) is 60.2 Å². The fraction of sp³-hybridized carbons (Fsp3) is 0.450. The summed E-state index contributed by atoms with van der Waals surface area (Å²) >= 11 is 0. The molecule has 0 unspecified atom stereocenters. The van der Waals surface area contributed by atoms with Crippen LogP contribution in [-0.2, 0) is 0 Å². The minimum Gasteiger partial charge on any atom is -0.369 e. The third-order valence-electron chi connectivity index (χ3n) is 5.54. The number of fused-ring (bicyclic) bond motifs is 1. The van der Waals surface area contributed by atoms with Gasteiger partial charge in [0.1, 0.15) is 0 Å². The molecule has 0 aliphatic carbocycles. The fourth-order valence-corrected chi connectivity index (χ4v) is 7.86. The van der Waals surface area contributed by atoms with Crippen molar-refractivity contribution in [2.24, 2.45) is 4.99 Å². The minimum atomic E-state index is -1.99. The molecule has 1 saturated heterocycles. The van der Waals surface area contributed by atoms with E-state index >= 15 is 0 Å². The number of aromatic nitrogens is 2. The molecule has 136 valence electrons. The van der Waals surface area contributed by atoms with E-state index in [1.807, 2.05) is 24.5 Å². The van der Waals surface area contributed by atoms with Crippen LogP contribution in [0.5, 0.6) is 0 Å². The van der Waals surface area contributed by atoms with E-state index in [0.717, 1.165) is 37.6 Å². The molecule has 5 nitrogen and oxygen atoms in total. The van der Waals surface area contributed by atoms with E-state index in [0.29, 0.717) is 0 Å². The number of aliphatic imine (C=N–C) groups is 1. The summed E-state index contributed by atoms with van der Waals surface area (Å²) < 4.78 is 2.63. The van der Waals surface area contributed by atoms with Crippen molar-refractivity contribution in [3.63, 3.8) is 0 Å². The van der Waals surface area contributed by atoms with Crippen molar-refractivity contribution in [3.8, 4) is 0 Å². The highest BCUT2D eigenvalue weighted by atomic mass is 28.3. The maximum Gasteiger partial charge on any atom is 0.188 e. The summed E-state index contributed by atoms with van der Waals surface area (Å²) in [5.41, 5.74) is 2.46. The molecule has 0 radical (unpaired) electrons. The lowest BCUT2D eigenvalue weighted by atomic mass is 10.2. The molecular formula is C20H27N5Si. The van der Waals surface area contributed by atoms with E-state index in [4.69, 9.17) is 15.0 Å². The summed E-state index contributed by atoms with van der Waals surface area (Å²) in [6.45, 7) is 9.20. The monoisotopic (exact) mass is 365 g/mol. The molecule has 0 aromatic carbocycles. The normalized spacial score (nSPS) is 17.9. The number of hydrogen-bond acceptors (Lipinski definition) is 5.